The Labute approximate surface area is 226 Å². The van der Waals surface area contributed by atoms with Gasteiger partial charge in [-0.1, -0.05) is 99.8 Å². The van der Waals surface area contributed by atoms with Gasteiger partial charge in [0.25, 0.3) is 0 Å². The van der Waals surface area contributed by atoms with Gasteiger partial charge in [0.15, 0.2) is 0 Å². The Hall–Kier alpha value is -0.640. The van der Waals surface area contributed by atoms with Crippen LogP contribution >= 0.6 is 0 Å². The monoisotopic (exact) mass is 506 g/mol. The van der Waals surface area contributed by atoms with Crippen LogP contribution in [-0.2, 0) is 0 Å². The fourth-order valence-corrected chi connectivity index (χ4v) is 7.33. The van der Waals surface area contributed by atoms with Gasteiger partial charge in [-0.15, -0.1) is 0 Å². The van der Waals surface area contributed by atoms with Gasteiger partial charge in [0.05, 0.1) is 5.66 Å². The SMILES string of the molecule is C.CCCC(CC)[C@@H](C)CC(C)(N)N[C@H](C(C)C)[C@@H](C)C1CCC(C2=C[CH]C(C)=C2)C(C)(C)CC1.O. The largest absolute Gasteiger partial charge is 0.412 e. The highest BCUT2D eigenvalue weighted by atomic mass is 16.0. The summed E-state index contributed by atoms with van der Waals surface area (Å²) in [5.74, 6) is 4.08. The van der Waals surface area contributed by atoms with Gasteiger partial charge in [-0.05, 0) is 92.4 Å². The summed E-state index contributed by atoms with van der Waals surface area (Å²) in [6.45, 7) is 23.8. The van der Waals surface area contributed by atoms with Crippen molar-refractivity contribution in [2.24, 2.45) is 46.7 Å². The van der Waals surface area contributed by atoms with E-state index in [0.717, 1.165) is 18.3 Å². The van der Waals surface area contributed by atoms with Gasteiger partial charge < -0.3 is 11.2 Å². The van der Waals surface area contributed by atoms with Crippen molar-refractivity contribution in [2.45, 2.75) is 140 Å². The van der Waals surface area contributed by atoms with Crippen LogP contribution in [-0.4, -0.2) is 17.2 Å². The summed E-state index contributed by atoms with van der Waals surface area (Å²) in [5, 5.41) is 4.01. The second kappa shape index (κ2) is 15.1. The predicted molar refractivity (Wildman–Crippen MR) is 162 cm³/mol. The van der Waals surface area contributed by atoms with E-state index in [4.69, 9.17) is 5.73 Å². The fraction of sp³-hybridized carbons (Fsp3) is 0.848. The normalized spacial score (nSPS) is 26.9. The minimum Gasteiger partial charge on any atom is -0.412 e. The quantitative estimate of drug-likeness (QED) is 0.206. The molecule has 0 aromatic heterocycles. The average Bonchev–Trinajstić information content (AvgIpc) is 3.09. The number of allylic oxidation sites excluding steroid dienone is 4. The summed E-state index contributed by atoms with van der Waals surface area (Å²) in [7, 11) is 0. The Morgan fingerprint density at radius 1 is 1.11 bits per heavy atom. The van der Waals surface area contributed by atoms with Crippen molar-refractivity contribution in [3.63, 3.8) is 0 Å². The molecule has 7 atom stereocenters. The maximum atomic E-state index is 6.98. The Morgan fingerprint density at radius 3 is 2.25 bits per heavy atom. The van der Waals surface area contributed by atoms with Crippen molar-refractivity contribution in [3.05, 3.63) is 29.7 Å². The summed E-state index contributed by atoms with van der Waals surface area (Å²) < 4.78 is 0. The zero-order valence-corrected chi connectivity index (χ0v) is 25.0. The highest BCUT2D eigenvalue weighted by molar-refractivity contribution is 5.42. The number of hydrogen-bond acceptors (Lipinski definition) is 2. The van der Waals surface area contributed by atoms with Crippen LogP contribution in [0, 0.1) is 47.3 Å². The van der Waals surface area contributed by atoms with Crippen molar-refractivity contribution in [2.75, 3.05) is 0 Å². The van der Waals surface area contributed by atoms with Crippen LogP contribution < -0.4 is 11.1 Å². The lowest BCUT2D eigenvalue weighted by Crippen LogP contribution is -2.59. The molecule has 0 bridgehead atoms. The van der Waals surface area contributed by atoms with Crippen molar-refractivity contribution in [1.82, 2.24) is 5.32 Å². The number of nitrogens with one attached hydrogen (secondary N) is 1. The Kier molecular flexibility index (Phi) is 14.8. The summed E-state index contributed by atoms with van der Waals surface area (Å²) in [5.41, 5.74) is 9.99. The van der Waals surface area contributed by atoms with Gasteiger partial charge >= 0.3 is 0 Å². The number of nitrogens with two attached hydrogens (primary N) is 1. The molecule has 0 spiro atoms. The molecule has 0 heterocycles. The van der Waals surface area contributed by atoms with E-state index >= 15 is 0 Å². The van der Waals surface area contributed by atoms with E-state index in [2.05, 4.69) is 93.1 Å². The Balaban J connectivity index is 0.00000612. The van der Waals surface area contributed by atoms with Crippen molar-refractivity contribution < 1.29 is 5.48 Å². The molecule has 36 heavy (non-hydrogen) atoms. The molecule has 0 saturated heterocycles. The van der Waals surface area contributed by atoms with Gasteiger partial charge in [-0.3, -0.25) is 5.32 Å². The summed E-state index contributed by atoms with van der Waals surface area (Å²) in [6, 6.07) is 0.458. The first-order valence-electron chi connectivity index (χ1n) is 14.6. The van der Waals surface area contributed by atoms with E-state index in [1.54, 1.807) is 5.57 Å². The van der Waals surface area contributed by atoms with E-state index in [0.29, 0.717) is 35.1 Å². The van der Waals surface area contributed by atoms with Gasteiger partial charge in [-0.25, -0.2) is 0 Å². The Bertz CT molecular complexity index is 690. The van der Waals surface area contributed by atoms with Crippen molar-refractivity contribution in [3.8, 4) is 0 Å². The molecule has 2 aliphatic rings. The molecule has 1 radical (unpaired) electrons. The molecular formula is C33H65N2O. The third kappa shape index (κ3) is 9.59. The lowest BCUT2D eigenvalue weighted by atomic mass is 9.71. The van der Waals surface area contributed by atoms with Crippen LogP contribution in [0.2, 0.25) is 0 Å². The molecule has 1 saturated carbocycles. The molecule has 213 valence electrons. The smallest absolute Gasteiger partial charge is 0.0637 e. The Morgan fingerprint density at radius 2 is 1.75 bits per heavy atom. The van der Waals surface area contributed by atoms with E-state index < -0.39 is 0 Å². The van der Waals surface area contributed by atoms with Gasteiger partial charge in [0, 0.05) is 12.5 Å². The summed E-state index contributed by atoms with van der Waals surface area (Å²) >= 11 is 0. The first-order valence-corrected chi connectivity index (χ1v) is 14.6. The van der Waals surface area contributed by atoms with E-state index in [1.165, 1.54) is 50.5 Å². The standard InChI is InChI=1S/C32H59N2.CH4.H2O/c1-11-13-26(12-2)24(6)21-32(10,33)34-30(22(3)4)25(7)27-16-17-29(31(8,9)19-18-27)28-15-14-23(5)20-28;;/h14-15,20,22,24-27,29-30,34H,11-13,16-19,21,33H2,1-10H3;1H4;1H2/t24-,25-,26?,27?,29?,30+,32?;;/m0../s1. The second-order valence-corrected chi connectivity index (χ2v) is 13.5. The number of rotatable bonds is 12. The van der Waals surface area contributed by atoms with Crippen LogP contribution in [0.25, 0.3) is 0 Å². The minimum absolute atomic E-state index is 0. The molecule has 0 aromatic carbocycles. The summed E-state index contributed by atoms with van der Waals surface area (Å²) in [4.78, 5) is 0. The summed E-state index contributed by atoms with van der Waals surface area (Å²) in [6.07, 6.45) is 17.3. The molecular weight excluding hydrogens is 440 g/mol. The topological polar surface area (TPSA) is 69.5 Å². The highest BCUT2D eigenvalue weighted by Crippen LogP contribution is 2.48. The first-order chi connectivity index (χ1) is 15.8. The van der Waals surface area contributed by atoms with Crippen LogP contribution in [0.5, 0.6) is 0 Å². The lowest BCUT2D eigenvalue weighted by molar-refractivity contribution is 0.137. The molecule has 1 fully saturated rings. The zero-order valence-electron chi connectivity index (χ0n) is 25.0. The van der Waals surface area contributed by atoms with E-state index in [-0.39, 0.29) is 18.6 Å². The molecule has 3 heteroatoms. The third-order valence-electron chi connectivity index (χ3n) is 9.52. The molecule has 3 nitrogen and oxygen atoms in total. The molecule has 0 amide bonds. The molecule has 5 N–H and O–H groups in total. The molecule has 4 unspecified atom stereocenters. The molecule has 0 aromatic rings. The van der Waals surface area contributed by atoms with Crippen molar-refractivity contribution >= 4 is 0 Å². The van der Waals surface area contributed by atoms with E-state index in [9.17, 15) is 0 Å². The van der Waals surface area contributed by atoms with Crippen LogP contribution in [0.3, 0.4) is 0 Å². The maximum absolute atomic E-state index is 6.98. The lowest BCUT2D eigenvalue weighted by Gasteiger charge is -2.41. The fourth-order valence-electron chi connectivity index (χ4n) is 7.33. The van der Waals surface area contributed by atoms with Gasteiger partial charge in [0.2, 0.25) is 0 Å². The highest BCUT2D eigenvalue weighted by Gasteiger charge is 2.39. The molecule has 0 aliphatic heterocycles. The van der Waals surface area contributed by atoms with Crippen LogP contribution in [0.4, 0.5) is 0 Å². The molecule has 2 aliphatic carbocycles. The average molecular weight is 506 g/mol. The van der Waals surface area contributed by atoms with Gasteiger partial charge in [-0.2, -0.15) is 0 Å². The van der Waals surface area contributed by atoms with Crippen molar-refractivity contribution in [1.29, 1.82) is 0 Å². The third-order valence-corrected chi connectivity index (χ3v) is 9.52. The number of hydrogen-bond donors (Lipinski definition) is 2. The first kappa shape index (κ1) is 35.4. The van der Waals surface area contributed by atoms with Gasteiger partial charge in [0.1, 0.15) is 0 Å². The van der Waals surface area contributed by atoms with E-state index in [1.807, 2.05) is 0 Å². The maximum Gasteiger partial charge on any atom is 0.0637 e. The van der Waals surface area contributed by atoms with Crippen LogP contribution in [0.15, 0.2) is 23.3 Å². The second-order valence-electron chi connectivity index (χ2n) is 13.5. The van der Waals surface area contributed by atoms with Crippen LogP contribution in [0.1, 0.15) is 128 Å². The predicted octanol–water partition coefficient (Wildman–Crippen LogP) is 8.50. The minimum atomic E-state index is -0.316. The molecule has 2 rings (SSSR count). The zero-order chi connectivity index (χ0) is 25.7.